The zero-order valence-corrected chi connectivity index (χ0v) is 18.2. The first-order chi connectivity index (χ1) is 16.1. The van der Waals surface area contributed by atoms with Crippen molar-refractivity contribution in [3.8, 4) is 29.1 Å². The van der Waals surface area contributed by atoms with E-state index in [0.717, 1.165) is 14.2 Å². The van der Waals surface area contributed by atoms with Crippen LogP contribution in [0.25, 0.3) is 0 Å². The molecular weight excluding hydrogens is 444 g/mol. The van der Waals surface area contributed by atoms with Crippen molar-refractivity contribution in [2.45, 2.75) is 24.7 Å². The van der Waals surface area contributed by atoms with E-state index >= 15 is 0 Å². The SMILES string of the molecule is COC(=O)C1=C(N)C(C#N)(C(=O)OC)C(c2cc(O)c3c(c2O)C3)C1c1cc(O)c2c(c1O)C2. The predicted molar refractivity (Wildman–Crippen MR) is 114 cm³/mol. The number of nitrogens with two attached hydrogens (primary N) is 1. The molecule has 6 N–H and O–H groups in total. The van der Waals surface area contributed by atoms with Crippen molar-refractivity contribution in [2.75, 3.05) is 14.2 Å². The molecule has 0 aromatic heterocycles. The molecule has 0 saturated heterocycles. The fourth-order valence-corrected chi connectivity index (χ4v) is 5.27. The number of esters is 2. The first-order valence-electron chi connectivity index (χ1n) is 10.3. The standard InChI is InChI=1S/C24H20N2O8/c1-33-22(31)17-16(12-5-14(27)8-3-10(8)19(12)29)18(24(7-25,21(17)26)23(32)34-2)13-6-15(28)9-4-11(9)20(13)30/h5-6,16,18,27-30H,3-4,26H2,1-2H3. The van der Waals surface area contributed by atoms with Crippen LogP contribution in [-0.2, 0) is 31.9 Å². The Kier molecular flexibility index (Phi) is 4.29. The molecule has 0 fully saturated rings. The number of nitriles is 1. The van der Waals surface area contributed by atoms with Crippen molar-refractivity contribution in [2.24, 2.45) is 11.1 Å². The van der Waals surface area contributed by atoms with E-state index in [-0.39, 0.29) is 39.7 Å². The Balaban J connectivity index is 1.88. The summed E-state index contributed by atoms with van der Waals surface area (Å²) in [6.45, 7) is 0. The number of nitrogens with zero attached hydrogens (tertiary/aromatic N) is 1. The van der Waals surface area contributed by atoms with E-state index in [1.807, 2.05) is 6.07 Å². The minimum atomic E-state index is -2.31. The lowest BCUT2D eigenvalue weighted by atomic mass is 9.68. The number of carbonyl (C=O) groups excluding carboxylic acids is 2. The first-order valence-corrected chi connectivity index (χ1v) is 10.3. The number of benzene rings is 2. The number of carbonyl (C=O) groups is 2. The molecule has 3 aliphatic carbocycles. The normalized spacial score (nSPS) is 23.6. The van der Waals surface area contributed by atoms with E-state index in [1.165, 1.54) is 12.1 Å². The Hall–Kier alpha value is -4.39. The minimum Gasteiger partial charge on any atom is -0.508 e. The Bertz CT molecular complexity index is 1400. The molecule has 0 amide bonds. The zero-order chi connectivity index (χ0) is 24.7. The molecular formula is C24H20N2O8. The third-order valence-electron chi connectivity index (χ3n) is 7.09. The molecule has 174 valence electrons. The Morgan fingerprint density at radius 1 is 0.971 bits per heavy atom. The van der Waals surface area contributed by atoms with Crippen LogP contribution in [0.4, 0.5) is 0 Å². The number of hydrogen-bond acceptors (Lipinski definition) is 10. The molecule has 0 radical (unpaired) electrons. The van der Waals surface area contributed by atoms with E-state index in [0.29, 0.717) is 35.1 Å². The largest absolute Gasteiger partial charge is 0.508 e. The molecule has 10 nitrogen and oxygen atoms in total. The van der Waals surface area contributed by atoms with Crippen LogP contribution in [0.3, 0.4) is 0 Å². The third kappa shape index (κ3) is 2.49. The van der Waals surface area contributed by atoms with Gasteiger partial charge in [-0.3, -0.25) is 0 Å². The average molecular weight is 464 g/mol. The fraction of sp³-hybridized carbons (Fsp3) is 0.292. The molecule has 5 rings (SSSR count). The summed E-state index contributed by atoms with van der Waals surface area (Å²) in [5, 5.41) is 53.1. The van der Waals surface area contributed by atoms with E-state index in [1.54, 1.807) is 0 Å². The first kappa shape index (κ1) is 21.5. The van der Waals surface area contributed by atoms with E-state index in [9.17, 15) is 35.3 Å². The highest BCUT2D eigenvalue weighted by atomic mass is 16.5. The predicted octanol–water partition coefficient (Wildman–Crippen LogP) is 1.27. The van der Waals surface area contributed by atoms with Crippen molar-refractivity contribution in [1.29, 1.82) is 5.26 Å². The number of methoxy groups -OCH3 is 2. The molecule has 3 aliphatic rings. The maximum absolute atomic E-state index is 13.2. The van der Waals surface area contributed by atoms with Gasteiger partial charge in [-0.05, 0) is 12.1 Å². The van der Waals surface area contributed by atoms with E-state index < -0.39 is 34.9 Å². The average Bonchev–Trinajstić information content (AvgIpc) is 3.73. The topological polar surface area (TPSA) is 183 Å². The van der Waals surface area contributed by atoms with Gasteiger partial charge in [-0.1, -0.05) is 0 Å². The van der Waals surface area contributed by atoms with Gasteiger partial charge < -0.3 is 35.6 Å². The zero-order valence-electron chi connectivity index (χ0n) is 18.2. The highest BCUT2D eigenvalue weighted by Gasteiger charge is 2.63. The minimum absolute atomic E-state index is 0.0203. The van der Waals surface area contributed by atoms with Crippen LogP contribution in [0.15, 0.2) is 23.4 Å². The van der Waals surface area contributed by atoms with Gasteiger partial charge in [0, 0.05) is 58.1 Å². The summed E-state index contributed by atoms with van der Waals surface area (Å²) < 4.78 is 9.81. The lowest BCUT2D eigenvalue weighted by Crippen LogP contribution is -2.40. The van der Waals surface area contributed by atoms with Gasteiger partial charge in [-0.25, -0.2) is 9.59 Å². The summed E-state index contributed by atoms with van der Waals surface area (Å²) in [5.74, 6) is -5.55. The van der Waals surface area contributed by atoms with Crippen LogP contribution in [0.5, 0.6) is 23.0 Å². The van der Waals surface area contributed by atoms with Gasteiger partial charge in [-0.2, -0.15) is 5.26 Å². The maximum atomic E-state index is 13.2. The molecule has 34 heavy (non-hydrogen) atoms. The lowest BCUT2D eigenvalue weighted by Gasteiger charge is -2.32. The number of phenols is 4. The van der Waals surface area contributed by atoms with Crippen LogP contribution in [0, 0.1) is 16.7 Å². The summed E-state index contributed by atoms with van der Waals surface area (Å²) in [5.41, 5.74) is 5.19. The quantitative estimate of drug-likeness (QED) is 0.218. The van der Waals surface area contributed by atoms with E-state index in [4.69, 9.17) is 15.2 Å². The second-order valence-corrected chi connectivity index (χ2v) is 8.62. The van der Waals surface area contributed by atoms with Crippen LogP contribution in [-0.4, -0.2) is 46.6 Å². The van der Waals surface area contributed by atoms with Crippen molar-refractivity contribution < 1.29 is 39.5 Å². The number of fused-ring (bicyclic) bond motifs is 2. The smallest absolute Gasteiger partial charge is 0.336 e. The molecule has 2 aromatic carbocycles. The van der Waals surface area contributed by atoms with Gasteiger partial charge in [0.15, 0.2) is 0 Å². The van der Waals surface area contributed by atoms with Gasteiger partial charge in [-0.15, -0.1) is 0 Å². The van der Waals surface area contributed by atoms with E-state index in [2.05, 4.69) is 0 Å². The summed E-state index contributed by atoms with van der Waals surface area (Å²) in [4.78, 5) is 26.1. The summed E-state index contributed by atoms with van der Waals surface area (Å²) in [7, 11) is 2.14. The molecule has 0 aliphatic heterocycles. The second kappa shape index (κ2) is 6.81. The number of hydrogen-bond donors (Lipinski definition) is 5. The number of ether oxygens (including phenoxy) is 2. The van der Waals surface area contributed by atoms with Crippen molar-refractivity contribution >= 4 is 11.9 Å². The Morgan fingerprint density at radius 3 is 2.00 bits per heavy atom. The van der Waals surface area contributed by atoms with Crippen LogP contribution in [0.2, 0.25) is 0 Å². The molecule has 3 atom stereocenters. The highest BCUT2D eigenvalue weighted by molar-refractivity contribution is 5.99. The second-order valence-electron chi connectivity index (χ2n) is 8.62. The van der Waals surface area contributed by atoms with Crippen molar-refractivity contribution in [3.05, 3.63) is 56.8 Å². The fourth-order valence-electron chi connectivity index (χ4n) is 5.27. The molecule has 0 spiro atoms. The molecule has 3 unspecified atom stereocenters. The monoisotopic (exact) mass is 464 g/mol. The Labute approximate surface area is 193 Å². The van der Waals surface area contributed by atoms with Crippen molar-refractivity contribution in [1.82, 2.24) is 0 Å². The molecule has 0 heterocycles. The summed E-state index contributed by atoms with van der Waals surface area (Å²) in [6, 6.07) is 4.34. The molecule has 0 bridgehead atoms. The van der Waals surface area contributed by atoms with Crippen LogP contribution < -0.4 is 5.73 Å². The number of rotatable bonds is 4. The highest BCUT2D eigenvalue weighted by Crippen LogP contribution is 2.64. The van der Waals surface area contributed by atoms with Gasteiger partial charge in [0.1, 0.15) is 23.0 Å². The van der Waals surface area contributed by atoms with Gasteiger partial charge in [0.25, 0.3) is 0 Å². The molecule has 10 heteroatoms. The van der Waals surface area contributed by atoms with Crippen molar-refractivity contribution in [3.63, 3.8) is 0 Å². The van der Waals surface area contributed by atoms with Gasteiger partial charge in [0.05, 0.1) is 31.6 Å². The number of aromatic hydroxyl groups is 4. The van der Waals surface area contributed by atoms with Crippen LogP contribution >= 0.6 is 0 Å². The van der Waals surface area contributed by atoms with Crippen LogP contribution in [0.1, 0.15) is 45.2 Å². The third-order valence-corrected chi connectivity index (χ3v) is 7.09. The molecule has 0 saturated carbocycles. The summed E-state index contributed by atoms with van der Waals surface area (Å²) in [6.07, 6.45) is 0.636. The molecule has 2 aromatic rings. The van der Waals surface area contributed by atoms with Gasteiger partial charge >= 0.3 is 11.9 Å². The Morgan fingerprint density at radius 2 is 1.50 bits per heavy atom. The van der Waals surface area contributed by atoms with Gasteiger partial charge in [0.2, 0.25) is 5.41 Å². The number of phenolic OH excluding ortho intramolecular Hbond substituents is 4. The maximum Gasteiger partial charge on any atom is 0.336 e. The summed E-state index contributed by atoms with van der Waals surface area (Å²) >= 11 is 0. The lowest BCUT2D eigenvalue weighted by molar-refractivity contribution is -0.148.